The molecule has 0 heterocycles. The van der Waals surface area contributed by atoms with E-state index < -0.39 is 6.09 Å². The van der Waals surface area contributed by atoms with Crippen LogP contribution in [0.4, 0.5) is 4.79 Å². The molecule has 0 saturated carbocycles. The van der Waals surface area contributed by atoms with Gasteiger partial charge < -0.3 is 26.8 Å². The first kappa shape index (κ1) is 18.7. The minimum absolute atomic E-state index is 0.0543. The van der Waals surface area contributed by atoms with Crippen molar-refractivity contribution in [2.24, 2.45) is 11.5 Å². The lowest BCUT2D eigenvalue weighted by Crippen LogP contribution is -2.32. The fourth-order valence-electron chi connectivity index (χ4n) is 2.39. The average Bonchev–Trinajstić information content (AvgIpc) is 2.63. The monoisotopic (exact) mass is 344 g/mol. The Morgan fingerprint density at radius 1 is 1.00 bits per heavy atom. The van der Waals surface area contributed by atoms with Crippen molar-refractivity contribution in [1.82, 2.24) is 10.6 Å². The van der Waals surface area contributed by atoms with Crippen molar-refractivity contribution in [2.75, 3.05) is 26.2 Å². The molecule has 25 heavy (non-hydrogen) atoms. The number of hydrogen-bond acceptors (Lipinski definition) is 5. The third-order valence-electron chi connectivity index (χ3n) is 3.80. The molecular weight excluding hydrogens is 320 g/mol. The van der Waals surface area contributed by atoms with Crippen molar-refractivity contribution in [1.29, 1.82) is 0 Å². The molecule has 0 aliphatic carbocycles. The van der Waals surface area contributed by atoms with Gasteiger partial charge in [0.2, 0.25) is 5.91 Å². The Morgan fingerprint density at radius 2 is 1.64 bits per heavy atom. The van der Waals surface area contributed by atoms with Crippen LogP contribution in [0.15, 0.2) is 36.4 Å². The van der Waals surface area contributed by atoms with Crippen LogP contribution < -0.4 is 26.8 Å². The zero-order chi connectivity index (χ0) is 18.2. The van der Waals surface area contributed by atoms with Gasteiger partial charge in [-0.1, -0.05) is 24.3 Å². The first-order valence-electron chi connectivity index (χ1n) is 8.22. The largest absolute Gasteiger partial charge is 0.412 e. The second-order valence-electron chi connectivity index (χ2n) is 5.67. The number of hydrogen-bond donors (Lipinski definition) is 4. The van der Waals surface area contributed by atoms with Gasteiger partial charge in [0.15, 0.2) is 0 Å². The van der Waals surface area contributed by atoms with E-state index in [0.717, 1.165) is 16.3 Å². The van der Waals surface area contributed by atoms with E-state index in [1.165, 1.54) is 0 Å². The molecule has 0 aliphatic heterocycles. The van der Waals surface area contributed by atoms with Gasteiger partial charge in [0.1, 0.15) is 5.75 Å². The number of fused-ring (bicyclic) bond motifs is 1. The lowest BCUT2D eigenvalue weighted by Gasteiger charge is -2.13. The molecule has 2 aromatic rings. The number of nitrogens with one attached hydrogen (secondary N) is 2. The number of carbonyl (C=O) groups excluding carboxylic acids is 2. The van der Waals surface area contributed by atoms with Crippen molar-refractivity contribution in [3.05, 3.63) is 42.0 Å². The first-order valence-corrected chi connectivity index (χ1v) is 8.22. The molecule has 6 N–H and O–H groups in total. The molecule has 0 spiro atoms. The van der Waals surface area contributed by atoms with Gasteiger partial charge in [0, 0.05) is 26.2 Å². The van der Waals surface area contributed by atoms with Crippen molar-refractivity contribution in [3.8, 4) is 5.75 Å². The highest BCUT2D eigenvalue weighted by Gasteiger charge is 2.15. The number of rotatable bonds is 7. The molecule has 2 aromatic carbocycles. The summed E-state index contributed by atoms with van der Waals surface area (Å²) in [4.78, 5) is 23.6. The van der Waals surface area contributed by atoms with Gasteiger partial charge >= 0.3 is 6.09 Å². The lowest BCUT2D eigenvalue weighted by atomic mass is 9.97. The maximum absolute atomic E-state index is 12.1. The van der Waals surface area contributed by atoms with E-state index >= 15 is 0 Å². The fraction of sp³-hybridized carbons (Fsp3) is 0.333. The molecule has 1 atom stereocenters. The molecule has 0 fully saturated rings. The summed E-state index contributed by atoms with van der Waals surface area (Å²) >= 11 is 0. The maximum Gasteiger partial charge on any atom is 0.412 e. The van der Waals surface area contributed by atoms with Gasteiger partial charge in [-0.15, -0.1) is 0 Å². The van der Waals surface area contributed by atoms with E-state index in [2.05, 4.69) is 10.6 Å². The average molecular weight is 344 g/mol. The number of ether oxygens (including phenoxy) is 1. The molecule has 0 bridgehead atoms. The number of benzene rings is 2. The summed E-state index contributed by atoms with van der Waals surface area (Å²) in [5.74, 6) is 0.124. The summed E-state index contributed by atoms with van der Waals surface area (Å²) in [5, 5.41) is 7.21. The highest BCUT2D eigenvalue weighted by Crippen LogP contribution is 2.25. The minimum atomic E-state index is -0.536. The Labute approximate surface area is 146 Å². The van der Waals surface area contributed by atoms with E-state index in [9.17, 15) is 9.59 Å². The van der Waals surface area contributed by atoms with Crippen molar-refractivity contribution in [2.45, 2.75) is 12.8 Å². The Bertz CT molecular complexity index is 748. The summed E-state index contributed by atoms with van der Waals surface area (Å²) in [6, 6.07) is 11.1. The number of nitrogens with two attached hydrogens (primary N) is 2. The summed E-state index contributed by atoms with van der Waals surface area (Å²) in [6.07, 6.45) is -0.536. The second kappa shape index (κ2) is 9.00. The van der Waals surface area contributed by atoms with Crippen molar-refractivity contribution < 1.29 is 14.3 Å². The smallest absolute Gasteiger partial charge is 0.410 e. The van der Waals surface area contributed by atoms with E-state index in [1.807, 2.05) is 31.2 Å². The zero-order valence-electron chi connectivity index (χ0n) is 14.2. The highest BCUT2D eigenvalue weighted by atomic mass is 16.6. The van der Waals surface area contributed by atoms with Crippen LogP contribution in [0, 0.1) is 0 Å². The Kier molecular flexibility index (Phi) is 6.73. The first-order chi connectivity index (χ1) is 12.0. The standard InChI is InChI=1S/C18H24N4O3/c1-12(17(23)21-8-6-19)13-2-3-15-11-16(5-4-14(15)10-13)25-18(24)22-9-7-20/h2-5,10-12H,6-9,19-20H2,1H3,(H,21,23)(H,22,24). The van der Waals surface area contributed by atoms with E-state index in [4.69, 9.17) is 16.2 Å². The van der Waals surface area contributed by atoms with Gasteiger partial charge in [-0.05, 0) is 35.4 Å². The Balaban J connectivity index is 2.12. The predicted octanol–water partition coefficient (Wildman–Crippen LogP) is 1.07. The van der Waals surface area contributed by atoms with Crippen LogP contribution in [-0.4, -0.2) is 38.2 Å². The lowest BCUT2D eigenvalue weighted by molar-refractivity contribution is -0.122. The molecule has 134 valence electrons. The van der Waals surface area contributed by atoms with Gasteiger partial charge in [0.25, 0.3) is 0 Å². The summed E-state index contributed by atoms with van der Waals surface area (Å²) in [6.45, 7) is 3.44. The number of carbonyl (C=O) groups is 2. The van der Waals surface area contributed by atoms with Crippen LogP contribution in [0.2, 0.25) is 0 Å². The molecule has 2 rings (SSSR count). The normalized spacial score (nSPS) is 11.8. The van der Waals surface area contributed by atoms with Gasteiger partial charge in [0.05, 0.1) is 5.92 Å². The predicted molar refractivity (Wildman–Crippen MR) is 97.5 cm³/mol. The Morgan fingerprint density at radius 3 is 2.36 bits per heavy atom. The quantitative estimate of drug-likeness (QED) is 0.599. The summed E-state index contributed by atoms with van der Waals surface area (Å²) in [7, 11) is 0. The van der Waals surface area contributed by atoms with Crippen LogP contribution in [0.3, 0.4) is 0 Å². The zero-order valence-corrected chi connectivity index (χ0v) is 14.2. The molecule has 2 amide bonds. The van der Waals surface area contributed by atoms with Crippen molar-refractivity contribution in [3.63, 3.8) is 0 Å². The molecule has 0 radical (unpaired) electrons. The molecule has 0 aromatic heterocycles. The minimum Gasteiger partial charge on any atom is -0.410 e. The fourth-order valence-corrected chi connectivity index (χ4v) is 2.39. The van der Waals surface area contributed by atoms with Gasteiger partial charge in [-0.25, -0.2) is 4.79 Å². The topological polar surface area (TPSA) is 119 Å². The van der Waals surface area contributed by atoms with Crippen LogP contribution in [0.5, 0.6) is 5.75 Å². The molecule has 0 saturated heterocycles. The van der Waals surface area contributed by atoms with Crippen LogP contribution in [-0.2, 0) is 4.79 Å². The SMILES string of the molecule is CC(C(=O)NCCN)c1ccc2cc(OC(=O)NCCN)ccc2c1. The second-order valence-corrected chi connectivity index (χ2v) is 5.67. The third-order valence-corrected chi connectivity index (χ3v) is 3.80. The van der Waals surface area contributed by atoms with Crippen LogP contribution in [0.1, 0.15) is 18.4 Å². The maximum atomic E-state index is 12.1. The molecular formula is C18H24N4O3. The van der Waals surface area contributed by atoms with E-state index in [1.54, 1.807) is 12.1 Å². The van der Waals surface area contributed by atoms with E-state index in [0.29, 0.717) is 31.9 Å². The molecule has 7 nitrogen and oxygen atoms in total. The third kappa shape index (κ3) is 5.17. The van der Waals surface area contributed by atoms with Crippen LogP contribution in [0.25, 0.3) is 10.8 Å². The summed E-state index contributed by atoms with van der Waals surface area (Å²) in [5.41, 5.74) is 11.6. The van der Waals surface area contributed by atoms with E-state index in [-0.39, 0.29) is 11.8 Å². The summed E-state index contributed by atoms with van der Waals surface area (Å²) < 4.78 is 5.20. The van der Waals surface area contributed by atoms with Crippen molar-refractivity contribution >= 4 is 22.8 Å². The number of amides is 2. The van der Waals surface area contributed by atoms with Crippen LogP contribution >= 0.6 is 0 Å². The Hall–Kier alpha value is -2.64. The highest BCUT2D eigenvalue weighted by molar-refractivity contribution is 5.88. The van der Waals surface area contributed by atoms with Gasteiger partial charge in [-0.3, -0.25) is 4.79 Å². The molecule has 1 unspecified atom stereocenters. The molecule has 0 aliphatic rings. The molecule has 7 heteroatoms. The van der Waals surface area contributed by atoms with Gasteiger partial charge in [-0.2, -0.15) is 0 Å².